The average molecular weight is 334 g/mol. The Balaban J connectivity index is 1.74. The maximum absolute atomic E-state index is 13.4. The van der Waals surface area contributed by atoms with Crippen LogP contribution in [0.3, 0.4) is 0 Å². The molecule has 24 heavy (non-hydrogen) atoms. The lowest BCUT2D eigenvalue weighted by Gasteiger charge is -2.09. The molecule has 0 aliphatic heterocycles. The first-order valence-corrected chi connectivity index (χ1v) is 7.15. The van der Waals surface area contributed by atoms with Crippen LogP contribution in [0.5, 0.6) is 5.75 Å². The molecule has 0 spiro atoms. The topological polar surface area (TPSA) is 67.4 Å². The number of ether oxygens (including phenoxy) is 1. The van der Waals surface area contributed by atoms with Crippen LogP contribution in [0.15, 0.2) is 42.5 Å². The first-order chi connectivity index (χ1) is 11.4. The summed E-state index contributed by atoms with van der Waals surface area (Å²) in [6.45, 7) is 1.33. The number of halogens is 2. The van der Waals surface area contributed by atoms with Crippen molar-refractivity contribution in [1.82, 2.24) is 5.32 Å². The van der Waals surface area contributed by atoms with Crippen molar-refractivity contribution in [2.45, 2.75) is 6.92 Å². The lowest BCUT2D eigenvalue weighted by atomic mass is 10.2. The number of hydrogen-bond donors (Lipinski definition) is 2. The molecule has 2 amide bonds. The van der Waals surface area contributed by atoms with E-state index in [2.05, 4.69) is 10.6 Å². The summed E-state index contributed by atoms with van der Waals surface area (Å²) in [7, 11) is 0. The molecule has 0 aliphatic rings. The number of carbonyl (C=O) groups excluding carboxylic acids is 2. The summed E-state index contributed by atoms with van der Waals surface area (Å²) in [5.74, 6) is -2.23. The number of rotatable bonds is 6. The average Bonchev–Trinajstić information content (AvgIpc) is 2.55. The second-order valence-corrected chi connectivity index (χ2v) is 5.05. The van der Waals surface area contributed by atoms with Gasteiger partial charge < -0.3 is 15.4 Å². The van der Waals surface area contributed by atoms with Gasteiger partial charge >= 0.3 is 0 Å². The van der Waals surface area contributed by atoms with Gasteiger partial charge in [0.25, 0.3) is 5.91 Å². The van der Waals surface area contributed by atoms with E-state index < -0.39 is 23.4 Å². The van der Waals surface area contributed by atoms with Crippen LogP contribution < -0.4 is 15.4 Å². The molecule has 0 aliphatic carbocycles. The number of hydrogen-bond acceptors (Lipinski definition) is 3. The third-order valence-electron chi connectivity index (χ3n) is 3.04. The Hall–Kier alpha value is -2.96. The first-order valence-electron chi connectivity index (χ1n) is 7.15. The van der Waals surface area contributed by atoms with E-state index in [4.69, 9.17) is 4.74 Å². The zero-order valence-corrected chi connectivity index (χ0v) is 12.9. The Bertz CT molecular complexity index is 733. The van der Waals surface area contributed by atoms with Crippen molar-refractivity contribution in [3.63, 3.8) is 0 Å². The molecule has 0 fully saturated rings. The number of aryl methyl sites for hydroxylation is 1. The molecule has 2 aromatic rings. The van der Waals surface area contributed by atoms with Gasteiger partial charge in [-0.05, 0) is 31.2 Å². The van der Waals surface area contributed by atoms with Crippen molar-refractivity contribution < 1.29 is 23.1 Å². The van der Waals surface area contributed by atoms with Crippen molar-refractivity contribution in [2.75, 3.05) is 18.5 Å². The van der Waals surface area contributed by atoms with Gasteiger partial charge in [-0.3, -0.25) is 9.59 Å². The van der Waals surface area contributed by atoms with Gasteiger partial charge in [0, 0.05) is 6.07 Å². The number of nitrogens with one attached hydrogen (secondary N) is 2. The normalized spacial score (nSPS) is 10.1. The van der Waals surface area contributed by atoms with Crippen LogP contribution in [0.2, 0.25) is 0 Å². The predicted molar refractivity (Wildman–Crippen MR) is 84.7 cm³/mol. The zero-order valence-electron chi connectivity index (χ0n) is 12.9. The lowest BCUT2D eigenvalue weighted by Crippen LogP contribution is -2.35. The van der Waals surface area contributed by atoms with Gasteiger partial charge in [-0.1, -0.05) is 17.7 Å². The van der Waals surface area contributed by atoms with Gasteiger partial charge in [-0.25, -0.2) is 8.78 Å². The molecule has 2 rings (SSSR count). The quantitative estimate of drug-likeness (QED) is 0.852. The van der Waals surface area contributed by atoms with E-state index in [1.807, 2.05) is 19.1 Å². The van der Waals surface area contributed by atoms with E-state index in [1.165, 1.54) is 0 Å². The second kappa shape index (κ2) is 8.05. The van der Waals surface area contributed by atoms with Crippen molar-refractivity contribution in [3.05, 3.63) is 59.7 Å². The third kappa shape index (κ3) is 5.35. The number of benzene rings is 2. The van der Waals surface area contributed by atoms with E-state index in [1.54, 1.807) is 12.1 Å². The molecular weight excluding hydrogens is 318 g/mol. The van der Waals surface area contributed by atoms with Crippen molar-refractivity contribution >= 4 is 17.5 Å². The molecule has 126 valence electrons. The van der Waals surface area contributed by atoms with Crippen LogP contribution in [0.4, 0.5) is 14.5 Å². The van der Waals surface area contributed by atoms with Crippen LogP contribution >= 0.6 is 0 Å². The Morgan fingerprint density at radius 1 is 1.04 bits per heavy atom. The van der Waals surface area contributed by atoms with Crippen molar-refractivity contribution in [3.8, 4) is 5.75 Å². The van der Waals surface area contributed by atoms with Gasteiger partial charge in [0.15, 0.2) is 6.61 Å². The fourth-order valence-electron chi connectivity index (χ4n) is 1.80. The predicted octanol–water partition coefficient (Wildman–Crippen LogP) is 2.41. The van der Waals surface area contributed by atoms with Crippen LogP contribution in [0.1, 0.15) is 5.56 Å². The minimum atomic E-state index is -0.891. The van der Waals surface area contributed by atoms with Gasteiger partial charge in [-0.15, -0.1) is 0 Å². The molecule has 0 aromatic heterocycles. The van der Waals surface area contributed by atoms with Crippen LogP contribution in [-0.4, -0.2) is 25.0 Å². The third-order valence-corrected chi connectivity index (χ3v) is 3.04. The highest BCUT2D eigenvalue weighted by atomic mass is 19.1. The fourth-order valence-corrected chi connectivity index (χ4v) is 1.80. The summed E-state index contributed by atoms with van der Waals surface area (Å²) < 4.78 is 31.4. The summed E-state index contributed by atoms with van der Waals surface area (Å²) in [5.41, 5.74) is 0.906. The molecule has 5 nitrogen and oxygen atoms in total. The Labute approximate surface area is 137 Å². The van der Waals surface area contributed by atoms with Gasteiger partial charge in [0.1, 0.15) is 17.4 Å². The van der Waals surface area contributed by atoms with Crippen LogP contribution in [0.25, 0.3) is 0 Å². The Kier molecular flexibility index (Phi) is 5.83. The summed E-state index contributed by atoms with van der Waals surface area (Å²) in [6, 6.07) is 9.93. The summed E-state index contributed by atoms with van der Waals surface area (Å²) in [5, 5.41) is 4.58. The van der Waals surface area contributed by atoms with E-state index >= 15 is 0 Å². The maximum atomic E-state index is 13.4. The number of anilines is 1. The standard InChI is InChI=1S/C17H16F2N2O3/c1-11-2-5-13(6-3-11)24-10-17(23)20-9-16(22)21-15-7-4-12(18)8-14(15)19/h2-8H,9-10H2,1H3,(H,20,23)(H,21,22). The minimum Gasteiger partial charge on any atom is -0.484 e. The molecule has 2 N–H and O–H groups in total. The maximum Gasteiger partial charge on any atom is 0.258 e. The lowest BCUT2D eigenvalue weighted by molar-refractivity contribution is -0.125. The highest BCUT2D eigenvalue weighted by Gasteiger charge is 2.10. The zero-order chi connectivity index (χ0) is 17.5. The highest BCUT2D eigenvalue weighted by molar-refractivity contribution is 5.94. The first kappa shape index (κ1) is 17.4. The molecule has 0 heterocycles. The fraction of sp³-hybridized carbons (Fsp3) is 0.176. The van der Waals surface area contributed by atoms with Gasteiger partial charge in [0.2, 0.25) is 5.91 Å². The highest BCUT2D eigenvalue weighted by Crippen LogP contribution is 2.14. The molecule has 2 aromatic carbocycles. The molecule has 0 radical (unpaired) electrons. The molecule has 0 unspecified atom stereocenters. The molecule has 0 saturated carbocycles. The van der Waals surface area contributed by atoms with Crippen LogP contribution in [-0.2, 0) is 9.59 Å². The largest absolute Gasteiger partial charge is 0.484 e. The number of carbonyl (C=O) groups is 2. The van der Waals surface area contributed by atoms with Gasteiger partial charge in [-0.2, -0.15) is 0 Å². The molecule has 7 heteroatoms. The Morgan fingerprint density at radius 3 is 2.42 bits per heavy atom. The minimum absolute atomic E-state index is 0.161. The smallest absolute Gasteiger partial charge is 0.258 e. The van der Waals surface area contributed by atoms with E-state index in [9.17, 15) is 18.4 Å². The molecule has 0 atom stereocenters. The molecule has 0 bridgehead atoms. The SMILES string of the molecule is Cc1ccc(OCC(=O)NCC(=O)Nc2ccc(F)cc2F)cc1. The van der Waals surface area contributed by atoms with Crippen molar-refractivity contribution in [2.24, 2.45) is 0 Å². The van der Waals surface area contributed by atoms with Crippen molar-refractivity contribution in [1.29, 1.82) is 0 Å². The van der Waals surface area contributed by atoms with Crippen LogP contribution in [0, 0.1) is 18.6 Å². The van der Waals surface area contributed by atoms with Gasteiger partial charge in [0.05, 0.1) is 12.2 Å². The summed E-state index contributed by atoms with van der Waals surface area (Å²) in [6.07, 6.45) is 0. The number of amides is 2. The summed E-state index contributed by atoms with van der Waals surface area (Å²) in [4.78, 5) is 23.3. The molecule has 0 saturated heterocycles. The Morgan fingerprint density at radius 2 is 1.75 bits per heavy atom. The van der Waals surface area contributed by atoms with E-state index in [0.717, 1.165) is 17.7 Å². The monoisotopic (exact) mass is 334 g/mol. The second-order valence-electron chi connectivity index (χ2n) is 5.05. The molecular formula is C17H16F2N2O3. The summed E-state index contributed by atoms with van der Waals surface area (Å²) >= 11 is 0. The van der Waals surface area contributed by atoms with E-state index in [-0.39, 0.29) is 18.8 Å². The van der Waals surface area contributed by atoms with E-state index in [0.29, 0.717) is 11.8 Å².